The lowest BCUT2D eigenvalue weighted by atomic mass is 10.2. The van der Waals surface area contributed by atoms with E-state index < -0.39 is 0 Å². The number of nitrogens with one attached hydrogen (secondary N) is 2. The number of hydrogen-bond acceptors (Lipinski definition) is 4. The first-order valence-electron chi connectivity index (χ1n) is 8.90. The first-order chi connectivity index (χ1) is 12.7. The van der Waals surface area contributed by atoms with Gasteiger partial charge in [-0.05, 0) is 12.1 Å². The minimum absolute atomic E-state index is 0. The maximum absolute atomic E-state index is 12.3. The summed E-state index contributed by atoms with van der Waals surface area (Å²) in [6, 6.07) is 9.79. The summed E-state index contributed by atoms with van der Waals surface area (Å²) in [7, 11) is 1.73. The number of carbonyl (C=O) groups excluding carboxylic acids is 1. The second kappa shape index (κ2) is 10.2. The fraction of sp³-hybridized carbons (Fsp3) is 0.444. The van der Waals surface area contributed by atoms with E-state index in [0.29, 0.717) is 25.5 Å². The van der Waals surface area contributed by atoms with Crippen molar-refractivity contribution in [3.63, 3.8) is 0 Å². The molecule has 0 spiro atoms. The standard InChI is InChI=1S/C18H25N7O.HI/c1-3-16-23-21-13-24(16)10-9-20-18(19-2)22-14-11-17(26)25(12-14)15-7-5-4-6-8-15;/h4-8,13-14H,3,9-12H2,1-2H3,(H2,19,20,22);1H. The normalized spacial score (nSPS) is 17.0. The summed E-state index contributed by atoms with van der Waals surface area (Å²) in [6.07, 6.45) is 3.05. The third-order valence-electron chi connectivity index (χ3n) is 4.41. The van der Waals surface area contributed by atoms with E-state index in [0.717, 1.165) is 24.5 Å². The summed E-state index contributed by atoms with van der Waals surface area (Å²) in [5, 5.41) is 14.6. The number of amides is 1. The van der Waals surface area contributed by atoms with Gasteiger partial charge in [-0.15, -0.1) is 34.2 Å². The molecule has 3 rings (SSSR count). The number of hydrogen-bond donors (Lipinski definition) is 2. The Hall–Kier alpha value is -2.17. The van der Waals surface area contributed by atoms with Gasteiger partial charge in [0.25, 0.3) is 0 Å². The van der Waals surface area contributed by atoms with Crippen molar-refractivity contribution < 1.29 is 4.79 Å². The maximum atomic E-state index is 12.3. The highest BCUT2D eigenvalue weighted by molar-refractivity contribution is 14.0. The van der Waals surface area contributed by atoms with Gasteiger partial charge in [-0.2, -0.15) is 0 Å². The van der Waals surface area contributed by atoms with E-state index >= 15 is 0 Å². The Morgan fingerprint density at radius 3 is 2.81 bits per heavy atom. The average molecular weight is 483 g/mol. The number of halogens is 1. The van der Waals surface area contributed by atoms with Crippen molar-refractivity contribution in [2.75, 3.05) is 25.0 Å². The number of nitrogens with zero attached hydrogens (tertiary/aromatic N) is 5. The molecule has 146 valence electrons. The van der Waals surface area contributed by atoms with Gasteiger partial charge in [-0.25, -0.2) is 0 Å². The molecule has 2 heterocycles. The average Bonchev–Trinajstić information content (AvgIpc) is 3.27. The van der Waals surface area contributed by atoms with Gasteiger partial charge in [-0.3, -0.25) is 9.79 Å². The van der Waals surface area contributed by atoms with E-state index in [9.17, 15) is 4.79 Å². The van der Waals surface area contributed by atoms with Crippen LogP contribution in [0, 0.1) is 0 Å². The van der Waals surface area contributed by atoms with Gasteiger partial charge in [0.15, 0.2) is 5.96 Å². The first-order valence-corrected chi connectivity index (χ1v) is 8.90. The van der Waals surface area contributed by atoms with Gasteiger partial charge >= 0.3 is 0 Å². The molecule has 2 aromatic rings. The molecule has 0 saturated carbocycles. The first kappa shape index (κ1) is 21.1. The molecule has 8 nitrogen and oxygen atoms in total. The summed E-state index contributed by atoms with van der Waals surface area (Å²) in [5.74, 6) is 1.79. The number of para-hydroxylation sites is 1. The predicted molar refractivity (Wildman–Crippen MR) is 117 cm³/mol. The second-order valence-electron chi connectivity index (χ2n) is 6.18. The zero-order chi connectivity index (χ0) is 18.4. The molecule has 0 bridgehead atoms. The second-order valence-corrected chi connectivity index (χ2v) is 6.18. The Balaban J connectivity index is 0.00000261. The molecule has 1 aliphatic rings. The lowest BCUT2D eigenvalue weighted by molar-refractivity contribution is -0.117. The van der Waals surface area contributed by atoms with Crippen molar-refractivity contribution in [1.29, 1.82) is 0 Å². The number of rotatable bonds is 6. The van der Waals surface area contributed by atoms with Crippen molar-refractivity contribution in [2.45, 2.75) is 32.4 Å². The molecule has 1 fully saturated rings. The maximum Gasteiger partial charge on any atom is 0.229 e. The van der Waals surface area contributed by atoms with E-state index in [4.69, 9.17) is 0 Å². The van der Waals surface area contributed by atoms with Crippen LogP contribution in [0.3, 0.4) is 0 Å². The molecule has 0 aliphatic carbocycles. The number of anilines is 1. The van der Waals surface area contributed by atoms with Gasteiger partial charge in [0.05, 0.1) is 6.04 Å². The van der Waals surface area contributed by atoms with Crippen LogP contribution in [0.5, 0.6) is 0 Å². The Kier molecular flexibility index (Phi) is 8.01. The van der Waals surface area contributed by atoms with Crippen LogP contribution < -0.4 is 15.5 Å². The molecule has 1 atom stereocenters. The van der Waals surface area contributed by atoms with Crippen LogP contribution >= 0.6 is 24.0 Å². The molecule has 9 heteroatoms. The monoisotopic (exact) mass is 483 g/mol. The van der Waals surface area contributed by atoms with Crippen molar-refractivity contribution >= 4 is 41.5 Å². The van der Waals surface area contributed by atoms with Gasteiger partial charge in [0.1, 0.15) is 12.2 Å². The Labute approximate surface area is 176 Å². The highest BCUT2D eigenvalue weighted by Gasteiger charge is 2.30. The largest absolute Gasteiger partial charge is 0.355 e. The molecular weight excluding hydrogens is 457 g/mol. The van der Waals surface area contributed by atoms with Gasteiger partial charge in [-0.1, -0.05) is 25.1 Å². The zero-order valence-corrected chi connectivity index (χ0v) is 18.0. The lowest BCUT2D eigenvalue weighted by Gasteiger charge is -2.19. The zero-order valence-electron chi connectivity index (χ0n) is 15.6. The summed E-state index contributed by atoms with van der Waals surface area (Å²) in [5.41, 5.74) is 0.935. The lowest BCUT2D eigenvalue weighted by Crippen LogP contribution is -2.45. The number of aromatic nitrogens is 3. The van der Waals surface area contributed by atoms with Crippen LogP contribution in [0.2, 0.25) is 0 Å². The Bertz CT molecular complexity index is 762. The summed E-state index contributed by atoms with van der Waals surface area (Å²) >= 11 is 0. The highest BCUT2D eigenvalue weighted by Crippen LogP contribution is 2.20. The topological polar surface area (TPSA) is 87.4 Å². The van der Waals surface area contributed by atoms with Crippen LogP contribution in [0.4, 0.5) is 5.69 Å². The van der Waals surface area contributed by atoms with E-state index in [1.807, 2.05) is 39.8 Å². The number of benzene rings is 1. The summed E-state index contributed by atoms with van der Waals surface area (Å²) in [6.45, 7) is 4.16. The third-order valence-corrected chi connectivity index (χ3v) is 4.41. The molecular formula is C18H26IN7O. The van der Waals surface area contributed by atoms with Gasteiger partial charge in [0.2, 0.25) is 5.91 Å². The minimum Gasteiger partial charge on any atom is -0.355 e. The molecule has 1 saturated heterocycles. The molecule has 0 radical (unpaired) electrons. The molecule has 2 N–H and O–H groups in total. The van der Waals surface area contributed by atoms with Gasteiger partial charge in [0, 0.05) is 45.2 Å². The number of aliphatic imine (C=N–C) groups is 1. The van der Waals surface area contributed by atoms with Crippen molar-refractivity contribution in [2.24, 2.45) is 4.99 Å². The van der Waals surface area contributed by atoms with Crippen LogP contribution in [-0.2, 0) is 17.8 Å². The molecule has 1 unspecified atom stereocenters. The smallest absolute Gasteiger partial charge is 0.229 e. The predicted octanol–water partition coefficient (Wildman–Crippen LogP) is 1.43. The molecule has 1 amide bonds. The molecule has 1 aromatic carbocycles. The molecule has 1 aliphatic heterocycles. The minimum atomic E-state index is 0. The summed E-state index contributed by atoms with van der Waals surface area (Å²) < 4.78 is 2.02. The van der Waals surface area contributed by atoms with Crippen LogP contribution in [0.25, 0.3) is 0 Å². The van der Waals surface area contributed by atoms with Crippen molar-refractivity contribution in [3.8, 4) is 0 Å². The van der Waals surface area contributed by atoms with E-state index in [1.165, 1.54) is 0 Å². The van der Waals surface area contributed by atoms with E-state index in [-0.39, 0.29) is 35.9 Å². The van der Waals surface area contributed by atoms with Crippen LogP contribution in [0.15, 0.2) is 41.7 Å². The Morgan fingerprint density at radius 1 is 1.33 bits per heavy atom. The third kappa shape index (κ3) is 5.41. The number of guanidine groups is 1. The number of carbonyl (C=O) groups is 1. The number of aryl methyl sites for hydroxylation is 1. The molecule has 27 heavy (non-hydrogen) atoms. The van der Waals surface area contributed by atoms with E-state index in [1.54, 1.807) is 13.4 Å². The SMILES string of the molecule is CCc1nncn1CCNC(=NC)NC1CC(=O)N(c2ccccc2)C1.I. The fourth-order valence-electron chi connectivity index (χ4n) is 3.08. The van der Waals surface area contributed by atoms with Gasteiger partial charge < -0.3 is 20.1 Å². The molecule has 1 aromatic heterocycles. The van der Waals surface area contributed by atoms with Crippen LogP contribution in [0.1, 0.15) is 19.2 Å². The Morgan fingerprint density at radius 2 is 2.11 bits per heavy atom. The van der Waals surface area contributed by atoms with Crippen molar-refractivity contribution in [1.82, 2.24) is 25.4 Å². The quantitative estimate of drug-likeness (QED) is 0.369. The van der Waals surface area contributed by atoms with Crippen molar-refractivity contribution in [3.05, 3.63) is 42.5 Å². The summed E-state index contributed by atoms with van der Waals surface area (Å²) in [4.78, 5) is 18.4. The van der Waals surface area contributed by atoms with E-state index in [2.05, 4.69) is 32.7 Å². The highest BCUT2D eigenvalue weighted by atomic mass is 127. The van der Waals surface area contributed by atoms with Crippen LogP contribution in [-0.4, -0.2) is 52.8 Å². The fourth-order valence-corrected chi connectivity index (χ4v) is 3.08.